The largest absolute Gasteiger partial charge is 0.399 e. The molecule has 1 aromatic heterocycles. The zero-order valence-electron chi connectivity index (χ0n) is 10.6. The molecule has 1 aliphatic carbocycles. The van der Waals surface area contributed by atoms with E-state index in [1.165, 1.54) is 0 Å². The molecule has 0 amide bonds. The fraction of sp³-hybridized carbons (Fsp3) is 0.667. The minimum Gasteiger partial charge on any atom is -0.393 e. The Morgan fingerprint density at radius 1 is 1.42 bits per heavy atom. The molecule has 0 fully saturated rings. The van der Waals surface area contributed by atoms with Gasteiger partial charge in [0.25, 0.3) is 0 Å². The number of aryl methyl sites for hydroxylation is 2. The van der Waals surface area contributed by atoms with Crippen LogP contribution in [0.5, 0.6) is 0 Å². The Balaban J connectivity index is 2.32. The Morgan fingerprint density at radius 3 is 2.63 bits per heavy atom. The summed E-state index contributed by atoms with van der Waals surface area (Å²) >= 11 is 4.56. The fourth-order valence-corrected chi connectivity index (χ4v) is 2.72. The molecule has 0 saturated carbocycles. The number of rotatable bonds is 3. The first-order chi connectivity index (χ1) is 8.80. The minimum atomic E-state index is -4.41. The summed E-state index contributed by atoms with van der Waals surface area (Å²) in [6.07, 6.45) is -0.765. The van der Waals surface area contributed by atoms with Crippen LogP contribution in [0.2, 0.25) is 0 Å². The van der Waals surface area contributed by atoms with Crippen LogP contribution in [0.3, 0.4) is 0 Å². The smallest absolute Gasteiger partial charge is 0.393 e. The number of nitrogens with zero attached hydrogens (tertiary/aromatic N) is 2. The van der Waals surface area contributed by atoms with Gasteiger partial charge in [0.15, 0.2) is 0 Å². The molecule has 1 aromatic rings. The molecule has 106 valence electrons. The maximum absolute atomic E-state index is 12.9. The summed E-state index contributed by atoms with van der Waals surface area (Å²) in [5.41, 5.74) is 7.08. The average Bonchev–Trinajstić information content (AvgIpc) is 2.59. The molecule has 1 atom stereocenters. The Bertz CT molecular complexity index is 493. The van der Waals surface area contributed by atoms with Gasteiger partial charge in [-0.3, -0.25) is 0 Å². The van der Waals surface area contributed by atoms with E-state index >= 15 is 0 Å². The third kappa shape index (κ3) is 2.91. The molecule has 2 rings (SSSR count). The van der Waals surface area contributed by atoms with Gasteiger partial charge in [0.1, 0.15) is 11.7 Å². The molecule has 1 aliphatic rings. The van der Waals surface area contributed by atoms with Gasteiger partial charge in [-0.2, -0.15) is 13.2 Å². The van der Waals surface area contributed by atoms with Crippen molar-refractivity contribution in [2.45, 2.75) is 45.3 Å². The van der Waals surface area contributed by atoms with Gasteiger partial charge in [-0.1, -0.05) is 12.2 Å². The molecule has 0 aromatic carbocycles. The highest BCUT2D eigenvalue weighted by atomic mass is 32.1. The van der Waals surface area contributed by atoms with Crippen LogP contribution in [0.25, 0.3) is 0 Å². The molecule has 0 spiro atoms. The van der Waals surface area contributed by atoms with Crippen LogP contribution in [0.1, 0.15) is 30.1 Å². The van der Waals surface area contributed by atoms with Crippen LogP contribution in [-0.4, -0.2) is 20.7 Å². The van der Waals surface area contributed by atoms with Crippen LogP contribution in [0, 0.1) is 12.8 Å². The van der Waals surface area contributed by atoms with Crippen LogP contribution < -0.4 is 5.73 Å². The molecule has 1 unspecified atom stereocenters. The van der Waals surface area contributed by atoms with E-state index in [0.29, 0.717) is 5.82 Å². The number of thiocarbonyl (C=S) groups is 1. The van der Waals surface area contributed by atoms with Gasteiger partial charge in [0.05, 0.1) is 10.7 Å². The standard InChI is InChI=1S/C12H16F3N3S/c1-7-17-9-4-2-3-5-10(9)18(7)6-8(11(16)19)12(13,14)15/h8H,2-6H2,1H3,(H2,16,19). The SMILES string of the molecule is Cc1nc2c(n1CC(C(N)=S)C(F)(F)F)CCCC2. The van der Waals surface area contributed by atoms with E-state index in [-0.39, 0.29) is 6.54 Å². The molecule has 1 heterocycles. The molecule has 0 saturated heterocycles. The van der Waals surface area contributed by atoms with Crippen molar-refractivity contribution in [1.29, 1.82) is 0 Å². The van der Waals surface area contributed by atoms with Crippen LogP contribution >= 0.6 is 12.2 Å². The second-order valence-electron chi connectivity index (χ2n) is 4.87. The number of hydrogen-bond acceptors (Lipinski definition) is 2. The summed E-state index contributed by atoms with van der Waals surface area (Å²) in [6.45, 7) is 1.47. The Hall–Kier alpha value is -1.11. The van der Waals surface area contributed by atoms with Crippen molar-refractivity contribution >= 4 is 17.2 Å². The average molecular weight is 291 g/mol. The summed E-state index contributed by atoms with van der Waals surface area (Å²) < 4.78 is 40.4. The third-order valence-electron chi connectivity index (χ3n) is 3.53. The monoisotopic (exact) mass is 291 g/mol. The van der Waals surface area contributed by atoms with E-state index in [0.717, 1.165) is 37.1 Å². The number of alkyl halides is 3. The van der Waals surface area contributed by atoms with E-state index in [9.17, 15) is 13.2 Å². The molecular weight excluding hydrogens is 275 g/mol. The summed E-state index contributed by atoms with van der Waals surface area (Å²) in [5, 5.41) is 0. The van der Waals surface area contributed by atoms with Gasteiger partial charge in [-0.05, 0) is 32.6 Å². The third-order valence-corrected chi connectivity index (χ3v) is 3.81. The second kappa shape index (κ2) is 5.11. The van der Waals surface area contributed by atoms with Crippen molar-refractivity contribution in [1.82, 2.24) is 9.55 Å². The van der Waals surface area contributed by atoms with E-state index in [1.807, 2.05) is 0 Å². The van der Waals surface area contributed by atoms with Crippen molar-refractivity contribution in [2.24, 2.45) is 11.7 Å². The number of hydrogen-bond donors (Lipinski definition) is 1. The van der Waals surface area contributed by atoms with E-state index in [2.05, 4.69) is 17.2 Å². The molecular formula is C12H16F3N3S. The van der Waals surface area contributed by atoms with Crippen LogP contribution in [0.4, 0.5) is 13.2 Å². The number of nitrogens with two attached hydrogens (primary N) is 1. The summed E-state index contributed by atoms with van der Waals surface area (Å²) in [7, 11) is 0. The number of aromatic nitrogens is 2. The van der Waals surface area contributed by atoms with Crippen molar-refractivity contribution in [3.8, 4) is 0 Å². The van der Waals surface area contributed by atoms with Crippen LogP contribution in [0.15, 0.2) is 0 Å². The molecule has 0 bridgehead atoms. The number of fused-ring (bicyclic) bond motifs is 1. The molecule has 2 N–H and O–H groups in total. The van der Waals surface area contributed by atoms with Crippen molar-refractivity contribution in [3.63, 3.8) is 0 Å². The first-order valence-corrected chi connectivity index (χ1v) is 6.62. The first kappa shape index (κ1) is 14.3. The zero-order valence-corrected chi connectivity index (χ0v) is 11.4. The van der Waals surface area contributed by atoms with E-state index in [1.54, 1.807) is 11.5 Å². The highest BCUT2D eigenvalue weighted by Crippen LogP contribution is 2.30. The lowest BCUT2D eigenvalue weighted by molar-refractivity contribution is -0.158. The normalized spacial score (nSPS) is 17.1. The predicted molar refractivity (Wildman–Crippen MR) is 69.9 cm³/mol. The maximum Gasteiger partial charge on any atom is 0.399 e. The van der Waals surface area contributed by atoms with Gasteiger partial charge >= 0.3 is 6.18 Å². The Kier molecular flexibility index (Phi) is 3.85. The zero-order chi connectivity index (χ0) is 14.2. The number of halogens is 3. The minimum absolute atomic E-state index is 0.257. The predicted octanol–water partition coefficient (Wildman–Crippen LogP) is 2.53. The maximum atomic E-state index is 12.9. The van der Waals surface area contributed by atoms with Gasteiger partial charge in [0, 0.05) is 12.2 Å². The lowest BCUT2D eigenvalue weighted by Crippen LogP contribution is -2.38. The quantitative estimate of drug-likeness (QED) is 0.870. The summed E-state index contributed by atoms with van der Waals surface area (Å²) in [5.74, 6) is -1.18. The molecule has 0 radical (unpaired) electrons. The summed E-state index contributed by atoms with van der Waals surface area (Å²) in [6, 6.07) is 0. The highest BCUT2D eigenvalue weighted by molar-refractivity contribution is 7.80. The topological polar surface area (TPSA) is 43.8 Å². The number of imidazole rings is 1. The Morgan fingerprint density at radius 2 is 2.05 bits per heavy atom. The fourth-order valence-electron chi connectivity index (χ4n) is 2.52. The Labute approximate surface area is 115 Å². The molecule has 19 heavy (non-hydrogen) atoms. The molecule has 7 heteroatoms. The van der Waals surface area contributed by atoms with Gasteiger partial charge < -0.3 is 10.3 Å². The van der Waals surface area contributed by atoms with E-state index in [4.69, 9.17) is 5.73 Å². The van der Waals surface area contributed by atoms with Gasteiger partial charge in [-0.15, -0.1) is 0 Å². The lowest BCUT2D eigenvalue weighted by atomic mass is 10.0. The molecule has 0 aliphatic heterocycles. The van der Waals surface area contributed by atoms with Crippen molar-refractivity contribution < 1.29 is 13.2 Å². The van der Waals surface area contributed by atoms with E-state index < -0.39 is 17.1 Å². The first-order valence-electron chi connectivity index (χ1n) is 6.21. The lowest BCUT2D eigenvalue weighted by Gasteiger charge is -2.22. The van der Waals surface area contributed by atoms with Crippen LogP contribution in [-0.2, 0) is 19.4 Å². The van der Waals surface area contributed by atoms with Crippen molar-refractivity contribution in [3.05, 3.63) is 17.2 Å². The summed E-state index contributed by atoms with van der Waals surface area (Å²) in [4.78, 5) is 3.85. The van der Waals surface area contributed by atoms with Crippen molar-refractivity contribution in [2.75, 3.05) is 0 Å². The molecule has 3 nitrogen and oxygen atoms in total. The van der Waals surface area contributed by atoms with Gasteiger partial charge in [-0.25, -0.2) is 4.98 Å². The highest BCUT2D eigenvalue weighted by Gasteiger charge is 2.42. The second-order valence-corrected chi connectivity index (χ2v) is 5.34. The van der Waals surface area contributed by atoms with Gasteiger partial charge in [0.2, 0.25) is 0 Å².